The number of rotatable bonds is 7. The van der Waals surface area contributed by atoms with Crippen LogP contribution in [0.1, 0.15) is 28.8 Å². The lowest BCUT2D eigenvalue weighted by molar-refractivity contribution is 0.0952. The van der Waals surface area contributed by atoms with Crippen molar-refractivity contribution < 1.29 is 9.18 Å². The molecule has 1 unspecified atom stereocenters. The summed E-state index contributed by atoms with van der Waals surface area (Å²) in [6.45, 7) is 3.76. The van der Waals surface area contributed by atoms with Gasteiger partial charge in [0, 0.05) is 25.2 Å². The minimum absolute atomic E-state index is 0.183. The van der Waals surface area contributed by atoms with E-state index in [0.717, 1.165) is 32.5 Å². The molecule has 1 atom stereocenters. The maximum atomic E-state index is 13.5. The molecule has 0 aliphatic carbocycles. The fourth-order valence-corrected chi connectivity index (χ4v) is 3.94. The number of nitrogens with zero attached hydrogens (tertiary/aromatic N) is 2. The predicted octanol–water partition coefficient (Wildman–Crippen LogP) is 3.86. The minimum Gasteiger partial charge on any atom is -0.352 e. The van der Waals surface area contributed by atoms with E-state index in [1.54, 1.807) is 12.1 Å². The standard InChI is InChI=1S/C23H25FN4O/c24-20-8-4-7-19(13-20)22-21(14-26-27-22)23(29)25-11-9-18-10-12-28(16-18)15-17-5-2-1-3-6-17/h1-8,13-14,18H,9-12,15-16H2,(H,25,29)(H,26,27). The lowest BCUT2D eigenvalue weighted by Crippen LogP contribution is -2.27. The van der Waals surface area contributed by atoms with Crippen LogP contribution in [0.3, 0.4) is 0 Å². The Morgan fingerprint density at radius 2 is 2.07 bits per heavy atom. The maximum Gasteiger partial charge on any atom is 0.255 e. The Labute approximate surface area is 169 Å². The van der Waals surface area contributed by atoms with Crippen LogP contribution in [0.4, 0.5) is 4.39 Å². The summed E-state index contributed by atoms with van der Waals surface area (Å²) in [5, 5.41) is 9.77. The third-order valence-electron chi connectivity index (χ3n) is 5.45. The van der Waals surface area contributed by atoms with Crippen molar-refractivity contribution in [3.8, 4) is 11.3 Å². The van der Waals surface area contributed by atoms with Crippen molar-refractivity contribution in [2.24, 2.45) is 5.92 Å². The number of carbonyl (C=O) groups is 1. The Kier molecular flexibility index (Phi) is 6.00. The molecule has 1 aliphatic heterocycles. The van der Waals surface area contributed by atoms with Gasteiger partial charge in [0.2, 0.25) is 0 Å². The van der Waals surface area contributed by atoms with Crippen LogP contribution in [-0.2, 0) is 6.54 Å². The van der Waals surface area contributed by atoms with Gasteiger partial charge in [-0.3, -0.25) is 14.8 Å². The molecule has 1 aliphatic rings. The van der Waals surface area contributed by atoms with Gasteiger partial charge in [-0.15, -0.1) is 0 Å². The van der Waals surface area contributed by atoms with Crippen molar-refractivity contribution in [3.05, 3.63) is 77.7 Å². The summed E-state index contributed by atoms with van der Waals surface area (Å²) in [6.07, 6.45) is 3.60. The first kappa shape index (κ1) is 19.3. The molecule has 29 heavy (non-hydrogen) atoms. The average molecular weight is 392 g/mol. The Morgan fingerprint density at radius 1 is 1.21 bits per heavy atom. The lowest BCUT2D eigenvalue weighted by atomic mass is 10.0. The zero-order valence-corrected chi connectivity index (χ0v) is 16.3. The number of carbonyl (C=O) groups excluding carboxylic acids is 1. The third-order valence-corrected chi connectivity index (χ3v) is 5.45. The molecule has 5 nitrogen and oxygen atoms in total. The van der Waals surface area contributed by atoms with Gasteiger partial charge in [0.05, 0.1) is 17.5 Å². The van der Waals surface area contributed by atoms with Crippen LogP contribution in [0, 0.1) is 11.7 Å². The number of likely N-dealkylation sites (tertiary alicyclic amines) is 1. The van der Waals surface area contributed by atoms with E-state index in [9.17, 15) is 9.18 Å². The fraction of sp³-hybridized carbons (Fsp3) is 0.304. The number of aromatic amines is 1. The number of hydrogen-bond donors (Lipinski definition) is 2. The van der Waals surface area contributed by atoms with Gasteiger partial charge in [0.15, 0.2) is 0 Å². The molecule has 0 radical (unpaired) electrons. The summed E-state index contributed by atoms with van der Waals surface area (Å²) < 4.78 is 13.5. The second kappa shape index (κ2) is 9.01. The van der Waals surface area contributed by atoms with Crippen LogP contribution in [0.25, 0.3) is 11.3 Å². The van der Waals surface area contributed by atoms with E-state index in [-0.39, 0.29) is 11.7 Å². The van der Waals surface area contributed by atoms with Gasteiger partial charge in [0.25, 0.3) is 5.91 Å². The highest BCUT2D eigenvalue weighted by atomic mass is 19.1. The van der Waals surface area contributed by atoms with Crippen molar-refractivity contribution in [3.63, 3.8) is 0 Å². The molecule has 6 heteroatoms. The summed E-state index contributed by atoms with van der Waals surface area (Å²) in [5.74, 6) is 0.0629. The largest absolute Gasteiger partial charge is 0.352 e. The highest BCUT2D eigenvalue weighted by Gasteiger charge is 2.22. The van der Waals surface area contributed by atoms with E-state index >= 15 is 0 Å². The summed E-state index contributed by atoms with van der Waals surface area (Å²) in [5.41, 5.74) is 2.93. The molecule has 2 heterocycles. The predicted molar refractivity (Wildman–Crippen MR) is 111 cm³/mol. The number of halogens is 1. The highest BCUT2D eigenvalue weighted by Crippen LogP contribution is 2.23. The minimum atomic E-state index is -0.343. The zero-order chi connectivity index (χ0) is 20.1. The number of aromatic nitrogens is 2. The molecule has 3 aromatic rings. The molecular formula is C23H25FN4O. The molecule has 150 valence electrons. The van der Waals surface area contributed by atoms with Crippen molar-refractivity contribution in [1.82, 2.24) is 20.4 Å². The smallest absolute Gasteiger partial charge is 0.255 e. The van der Waals surface area contributed by atoms with E-state index in [0.29, 0.717) is 29.3 Å². The second-order valence-electron chi connectivity index (χ2n) is 7.59. The molecule has 1 amide bonds. The number of amides is 1. The Balaban J connectivity index is 1.27. The highest BCUT2D eigenvalue weighted by molar-refractivity contribution is 5.99. The number of benzene rings is 2. The molecule has 1 saturated heterocycles. The number of hydrogen-bond acceptors (Lipinski definition) is 3. The Bertz CT molecular complexity index is 956. The first-order valence-corrected chi connectivity index (χ1v) is 10.0. The molecule has 4 rings (SSSR count). The maximum absolute atomic E-state index is 13.5. The van der Waals surface area contributed by atoms with Gasteiger partial charge in [-0.1, -0.05) is 42.5 Å². The summed E-state index contributed by atoms with van der Waals surface area (Å²) in [4.78, 5) is 15.1. The van der Waals surface area contributed by atoms with Gasteiger partial charge in [-0.2, -0.15) is 5.10 Å². The zero-order valence-electron chi connectivity index (χ0n) is 16.3. The summed E-state index contributed by atoms with van der Waals surface area (Å²) in [6, 6.07) is 16.7. The molecule has 2 aromatic carbocycles. The lowest BCUT2D eigenvalue weighted by Gasteiger charge is -2.16. The first-order chi connectivity index (χ1) is 14.2. The first-order valence-electron chi connectivity index (χ1n) is 10.0. The van der Waals surface area contributed by atoms with E-state index in [4.69, 9.17) is 0 Å². The van der Waals surface area contributed by atoms with Crippen LogP contribution >= 0.6 is 0 Å². The molecule has 1 aromatic heterocycles. The fourth-order valence-electron chi connectivity index (χ4n) is 3.94. The molecule has 2 N–H and O–H groups in total. The van der Waals surface area contributed by atoms with Crippen molar-refractivity contribution in [2.45, 2.75) is 19.4 Å². The third kappa shape index (κ3) is 4.90. The van der Waals surface area contributed by atoms with E-state index in [1.165, 1.54) is 23.9 Å². The van der Waals surface area contributed by atoms with E-state index in [2.05, 4.69) is 44.7 Å². The SMILES string of the molecule is O=C(NCCC1CCN(Cc2ccccc2)C1)c1cn[nH]c1-c1cccc(F)c1. The molecule has 0 bridgehead atoms. The van der Waals surface area contributed by atoms with E-state index in [1.807, 2.05) is 6.07 Å². The van der Waals surface area contributed by atoms with Crippen LogP contribution < -0.4 is 5.32 Å². The second-order valence-corrected chi connectivity index (χ2v) is 7.59. The van der Waals surface area contributed by atoms with Crippen LogP contribution in [0.15, 0.2) is 60.8 Å². The average Bonchev–Trinajstić information content (AvgIpc) is 3.38. The van der Waals surface area contributed by atoms with E-state index < -0.39 is 0 Å². The number of H-pyrrole nitrogens is 1. The Morgan fingerprint density at radius 3 is 2.90 bits per heavy atom. The van der Waals surface area contributed by atoms with Gasteiger partial charge in [0.1, 0.15) is 5.82 Å². The van der Waals surface area contributed by atoms with Crippen molar-refractivity contribution >= 4 is 5.91 Å². The molecular weight excluding hydrogens is 367 g/mol. The summed E-state index contributed by atoms with van der Waals surface area (Å²) >= 11 is 0. The van der Waals surface area contributed by atoms with Gasteiger partial charge in [-0.05, 0) is 43.0 Å². The Hall–Kier alpha value is -2.99. The monoisotopic (exact) mass is 392 g/mol. The van der Waals surface area contributed by atoms with Gasteiger partial charge < -0.3 is 5.32 Å². The van der Waals surface area contributed by atoms with Crippen LogP contribution in [0.2, 0.25) is 0 Å². The normalized spacial score (nSPS) is 16.8. The molecule has 1 fully saturated rings. The van der Waals surface area contributed by atoms with Gasteiger partial charge in [-0.25, -0.2) is 4.39 Å². The molecule has 0 spiro atoms. The topological polar surface area (TPSA) is 61.0 Å². The van der Waals surface area contributed by atoms with Crippen molar-refractivity contribution in [1.29, 1.82) is 0 Å². The quantitative estimate of drug-likeness (QED) is 0.642. The number of nitrogens with one attached hydrogen (secondary N) is 2. The summed E-state index contributed by atoms with van der Waals surface area (Å²) in [7, 11) is 0. The van der Waals surface area contributed by atoms with Crippen LogP contribution in [-0.4, -0.2) is 40.6 Å². The molecule has 0 saturated carbocycles. The van der Waals surface area contributed by atoms with Crippen LogP contribution in [0.5, 0.6) is 0 Å². The van der Waals surface area contributed by atoms with Crippen molar-refractivity contribution in [2.75, 3.05) is 19.6 Å². The van der Waals surface area contributed by atoms with Gasteiger partial charge >= 0.3 is 0 Å².